The first-order valence-corrected chi connectivity index (χ1v) is 8.27. The van der Waals surface area contributed by atoms with Crippen LogP contribution >= 0.6 is 11.6 Å². The number of hydrogen-bond donors (Lipinski definition) is 1. The molecule has 0 radical (unpaired) electrons. The summed E-state index contributed by atoms with van der Waals surface area (Å²) in [5, 5.41) is 2.77. The molecule has 1 aliphatic rings. The summed E-state index contributed by atoms with van der Waals surface area (Å²) in [7, 11) is 0. The molecule has 0 bridgehead atoms. The van der Waals surface area contributed by atoms with Crippen molar-refractivity contribution in [3.8, 4) is 0 Å². The number of piperazine rings is 1. The van der Waals surface area contributed by atoms with Crippen LogP contribution in [0.2, 0.25) is 5.02 Å². The van der Waals surface area contributed by atoms with Crippen LogP contribution in [-0.2, 0) is 6.54 Å². The zero-order valence-electron chi connectivity index (χ0n) is 13.2. The van der Waals surface area contributed by atoms with Crippen LogP contribution < -0.4 is 5.32 Å². The van der Waals surface area contributed by atoms with Crippen LogP contribution in [0, 0.1) is 5.82 Å². The van der Waals surface area contributed by atoms with Gasteiger partial charge in [-0.15, -0.1) is 0 Å². The summed E-state index contributed by atoms with van der Waals surface area (Å²) in [6.07, 6.45) is 0. The summed E-state index contributed by atoms with van der Waals surface area (Å²) in [5.74, 6) is -0.529. The molecule has 0 unspecified atom stereocenters. The Bertz CT molecular complexity index is 682. The molecule has 0 saturated carbocycles. The van der Waals surface area contributed by atoms with Crippen molar-refractivity contribution in [1.29, 1.82) is 0 Å². The van der Waals surface area contributed by atoms with Crippen molar-refractivity contribution >= 4 is 23.3 Å². The van der Waals surface area contributed by atoms with Gasteiger partial charge >= 0.3 is 6.03 Å². The first-order valence-electron chi connectivity index (χ1n) is 7.90. The number of hydrogen-bond acceptors (Lipinski definition) is 2. The predicted octanol–water partition coefficient (Wildman–Crippen LogP) is 3.83. The number of para-hydroxylation sites is 1. The quantitative estimate of drug-likeness (QED) is 0.916. The molecule has 1 heterocycles. The molecule has 1 saturated heterocycles. The lowest BCUT2D eigenvalue weighted by atomic mass is 10.2. The fourth-order valence-electron chi connectivity index (χ4n) is 2.75. The third kappa shape index (κ3) is 4.04. The third-order valence-corrected chi connectivity index (χ3v) is 4.42. The number of nitrogens with one attached hydrogen (secondary N) is 1. The molecule has 24 heavy (non-hydrogen) atoms. The van der Waals surface area contributed by atoms with Crippen molar-refractivity contribution in [3.05, 3.63) is 64.9 Å². The zero-order valence-corrected chi connectivity index (χ0v) is 14.0. The second-order valence-corrected chi connectivity index (χ2v) is 6.18. The number of amides is 2. The number of benzene rings is 2. The number of rotatable bonds is 3. The van der Waals surface area contributed by atoms with E-state index in [0.29, 0.717) is 13.1 Å². The van der Waals surface area contributed by atoms with Crippen molar-refractivity contribution in [2.45, 2.75) is 6.54 Å². The van der Waals surface area contributed by atoms with E-state index in [1.807, 2.05) is 18.2 Å². The first-order chi connectivity index (χ1) is 11.6. The van der Waals surface area contributed by atoms with Crippen LogP contribution in [0.25, 0.3) is 0 Å². The Kier molecular flexibility index (Phi) is 5.33. The highest BCUT2D eigenvalue weighted by Gasteiger charge is 2.22. The van der Waals surface area contributed by atoms with E-state index in [2.05, 4.69) is 22.3 Å². The lowest BCUT2D eigenvalue weighted by Crippen LogP contribution is -2.49. The van der Waals surface area contributed by atoms with Gasteiger partial charge in [0.2, 0.25) is 0 Å². The van der Waals surface area contributed by atoms with Gasteiger partial charge in [-0.05, 0) is 17.7 Å². The average molecular weight is 348 g/mol. The normalized spacial score (nSPS) is 15.3. The Hall–Kier alpha value is -2.11. The molecule has 3 rings (SSSR count). The molecule has 126 valence electrons. The number of halogens is 2. The Balaban J connectivity index is 1.54. The second kappa shape index (κ2) is 7.64. The van der Waals surface area contributed by atoms with Gasteiger partial charge in [0.1, 0.15) is 5.82 Å². The van der Waals surface area contributed by atoms with E-state index >= 15 is 0 Å². The molecular weight excluding hydrogens is 329 g/mol. The van der Waals surface area contributed by atoms with E-state index in [9.17, 15) is 9.18 Å². The predicted molar refractivity (Wildman–Crippen MR) is 93.7 cm³/mol. The summed E-state index contributed by atoms with van der Waals surface area (Å²) in [4.78, 5) is 16.3. The van der Waals surface area contributed by atoms with Gasteiger partial charge in [-0.2, -0.15) is 0 Å². The molecule has 2 aromatic carbocycles. The fraction of sp³-hybridized carbons (Fsp3) is 0.278. The molecule has 2 amide bonds. The van der Waals surface area contributed by atoms with Crippen LogP contribution in [0.3, 0.4) is 0 Å². The number of carbonyl (C=O) groups excluding carboxylic acids is 1. The molecule has 0 spiro atoms. The summed E-state index contributed by atoms with van der Waals surface area (Å²) in [5.41, 5.74) is 1.30. The van der Waals surface area contributed by atoms with E-state index in [0.717, 1.165) is 19.6 Å². The molecular formula is C18H19ClFN3O. The number of nitrogens with zero attached hydrogens (tertiary/aromatic N) is 2. The van der Waals surface area contributed by atoms with Gasteiger partial charge in [0.15, 0.2) is 0 Å². The molecule has 0 aromatic heterocycles. The summed E-state index contributed by atoms with van der Waals surface area (Å²) < 4.78 is 13.8. The molecule has 1 fully saturated rings. The molecule has 1 aliphatic heterocycles. The van der Waals surface area contributed by atoms with Gasteiger partial charge in [-0.25, -0.2) is 9.18 Å². The number of anilines is 1. The highest BCUT2D eigenvalue weighted by molar-refractivity contribution is 6.33. The van der Waals surface area contributed by atoms with E-state index in [1.54, 1.807) is 11.0 Å². The smallest absolute Gasteiger partial charge is 0.322 e. The standard InChI is InChI=1S/C18H19ClFN3O/c19-15-7-4-8-16(20)17(15)21-18(24)23-11-9-22(10-12-23)13-14-5-2-1-3-6-14/h1-8H,9-13H2,(H,21,24). The Morgan fingerprint density at radius 1 is 1.04 bits per heavy atom. The third-order valence-electron chi connectivity index (χ3n) is 4.10. The second-order valence-electron chi connectivity index (χ2n) is 5.78. The van der Waals surface area contributed by atoms with Crippen LogP contribution in [0.5, 0.6) is 0 Å². The Labute approximate surface area is 145 Å². The van der Waals surface area contributed by atoms with Crippen LogP contribution in [0.15, 0.2) is 48.5 Å². The highest BCUT2D eigenvalue weighted by Crippen LogP contribution is 2.25. The highest BCUT2D eigenvalue weighted by atomic mass is 35.5. The van der Waals surface area contributed by atoms with E-state index in [1.165, 1.54) is 17.7 Å². The molecule has 4 nitrogen and oxygen atoms in total. The van der Waals surface area contributed by atoms with Gasteiger partial charge < -0.3 is 10.2 Å². The topological polar surface area (TPSA) is 35.6 Å². The number of carbonyl (C=O) groups is 1. The van der Waals surface area contributed by atoms with Crippen molar-refractivity contribution in [3.63, 3.8) is 0 Å². The summed E-state index contributed by atoms with van der Waals surface area (Å²) in [6.45, 7) is 3.64. The van der Waals surface area contributed by atoms with Gasteiger partial charge in [-0.1, -0.05) is 48.0 Å². The lowest BCUT2D eigenvalue weighted by Gasteiger charge is -2.34. The van der Waals surface area contributed by atoms with Crippen molar-refractivity contribution in [1.82, 2.24) is 9.80 Å². The van der Waals surface area contributed by atoms with Gasteiger partial charge in [0.05, 0.1) is 10.7 Å². The van der Waals surface area contributed by atoms with Crippen molar-refractivity contribution in [2.75, 3.05) is 31.5 Å². The molecule has 2 aromatic rings. The van der Waals surface area contributed by atoms with Crippen molar-refractivity contribution in [2.24, 2.45) is 0 Å². The van der Waals surface area contributed by atoms with Crippen LogP contribution in [0.1, 0.15) is 5.56 Å². The molecule has 1 N–H and O–H groups in total. The maximum atomic E-state index is 13.8. The monoisotopic (exact) mass is 347 g/mol. The van der Waals surface area contributed by atoms with Crippen molar-refractivity contribution < 1.29 is 9.18 Å². The minimum atomic E-state index is -0.529. The van der Waals surface area contributed by atoms with Gasteiger partial charge in [0.25, 0.3) is 0 Å². The zero-order chi connectivity index (χ0) is 16.9. The van der Waals surface area contributed by atoms with E-state index in [-0.39, 0.29) is 16.7 Å². The van der Waals surface area contributed by atoms with Crippen LogP contribution in [0.4, 0.5) is 14.9 Å². The minimum absolute atomic E-state index is 0.0379. The number of urea groups is 1. The molecule has 0 aliphatic carbocycles. The maximum Gasteiger partial charge on any atom is 0.322 e. The SMILES string of the molecule is O=C(Nc1c(F)cccc1Cl)N1CCN(Cc2ccccc2)CC1. The summed E-state index contributed by atoms with van der Waals surface area (Å²) in [6, 6.07) is 14.3. The maximum absolute atomic E-state index is 13.8. The Morgan fingerprint density at radius 3 is 2.42 bits per heavy atom. The minimum Gasteiger partial charge on any atom is -0.322 e. The van der Waals surface area contributed by atoms with Gasteiger partial charge in [0, 0.05) is 32.7 Å². The van der Waals surface area contributed by atoms with E-state index in [4.69, 9.17) is 11.6 Å². The molecule has 6 heteroatoms. The van der Waals surface area contributed by atoms with Crippen LogP contribution in [-0.4, -0.2) is 42.0 Å². The van der Waals surface area contributed by atoms with Gasteiger partial charge in [-0.3, -0.25) is 4.90 Å². The molecule has 0 atom stereocenters. The van der Waals surface area contributed by atoms with E-state index < -0.39 is 5.82 Å². The lowest BCUT2D eigenvalue weighted by molar-refractivity contribution is 0.143. The fourth-order valence-corrected chi connectivity index (χ4v) is 2.96. The Morgan fingerprint density at radius 2 is 1.75 bits per heavy atom. The summed E-state index contributed by atoms with van der Waals surface area (Å²) >= 11 is 5.94. The first kappa shape index (κ1) is 16.7. The largest absolute Gasteiger partial charge is 0.322 e. The average Bonchev–Trinajstić information content (AvgIpc) is 2.60.